The van der Waals surface area contributed by atoms with Crippen molar-refractivity contribution in [2.45, 2.75) is 12.5 Å². The van der Waals surface area contributed by atoms with E-state index in [0.717, 1.165) is 0 Å². The van der Waals surface area contributed by atoms with E-state index in [2.05, 4.69) is 21.2 Å². The van der Waals surface area contributed by atoms with Gasteiger partial charge in [0.2, 0.25) is 5.91 Å². The maximum absolute atomic E-state index is 11.6. The maximum Gasteiger partial charge on any atom is 0.335 e. The van der Waals surface area contributed by atoms with Crippen LogP contribution in [0.25, 0.3) is 0 Å². The summed E-state index contributed by atoms with van der Waals surface area (Å²) in [7, 11) is 0. The summed E-state index contributed by atoms with van der Waals surface area (Å²) in [4.78, 5) is 32.8. The Labute approximate surface area is 116 Å². The highest BCUT2D eigenvalue weighted by Crippen LogP contribution is 2.23. The van der Waals surface area contributed by atoms with Gasteiger partial charge in [-0.1, -0.05) is 0 Å². The first-order chi connectivity index (χ1) is 8.81. The van der Waals surface area contributed by atoms with Crippen molar-refractivity contribution in [3.8, 4) is 0 Å². The van der Waals surface area contributed by atoms with Gasteiger partial charge < -0.3 is 21.3 Å². The molecule has 1 atom stereocenters. The number of hydrogen-bond acceptors (Lipinski definition) is 4. The fourth-order valence-corrected chi connectivity index (χ4v) is 1.61. The maximum atomic E-state index is 11.6. The normalized spacial score (nSPS) is 11.7. The second-order valence-corrected chi connectivity index (χ2v) is 4.55. The first kappa shape index (κ1) is 15.1. The van der Waals surface area contributed by atoms with Gasteiger partial charge in [-0.25, -0.2) is 4.79 Å². The van der Waals surface area contributed by atoms with E-state index in [-0.39, 0.29) is 11.3 Å². The summed E-state index contributed by atoms with van der Waals surface area (Å²) in [5.41, 5.74) is 5.59. The highest BCUT2D eigenvalue weighted by Gasteiger charge is 2.18. The van der Waals surface area contributed by atoms with Crippen LogP contribution in [0.2, 0.25) is 0 Å². The summed E-state index contributed by atoms with van der Waals surface area (Å²) >= 11 is 3.14. The Balaban J connectivity index is 2.86. The molecule has 1 aromatic carbocycles. The summed E-state index contributed by atoms with van der Waals surface area (Å²) in [5, 5.41) is 19.7. The van der Waals surface area contributed by atoms with E-state index in [1.807, 2.05) is 0 Å². The highest BCUT2D eigenvalue weighted by molar-refractivity contribution is 9.10. The van der Waals surface area contributed by atoms with E-state index in [1.54, 1.807) is 0 Å². The zero-order valence-electron chi connectivity index (χ0n) is 9.59. The van der Waals surface area contributed by atoms with Crippen LogP contribution < -0.4 is 11.1 Å². The number of carboxylic acids is 2. The SMILES string of the molecule is NC(CC(=O)O)C(=O)Nc1cc(C(=O)O)ccc1Br. The van der Waals surface area contributed by atoms with Crippen molar-refractivity contribution < 1.29 is 24.6 Å². The van der Waals surface area contributed by atoms with Gasteiger partial charge in [0.05, 0.1) is 23.7 Å². The molecule has 0 radical (unpaired) electrons. The molecule has 1 unspecified atom stereocenters. The van der Waals surface area contributed by atoms with E-state index in [9.17, 15) is 14.4 Å². The average Bonchev–Trinajstić information content (AvgIpc) is 2.30. The number of aliphatic carboxylic acids is 1. The number of halogens is 1. The number of benzene rings is 1. The predicted molar refractivity (Wildman–Crippen MR) is 70.0 cm³/mol. The molecule has 102 valence electrons. The van der Waals surface area contributed by atoms with Crippen LogP contribution in [0.3, 0.4) is 0 Å². The molecule has 0 aromatic heterocycles. The van der Waals surface area contributed by atoms with Crippen molar-refractivity contribution in [1.82, 2.24) is 0 Å². The molecule has 1 rings (SSSR count). The molecule has 19 heavy (non-hydrogen) atoms. The molecule has 1 amide bonds. The van der Waals surface area contributed by atoms with Gasteiger partial charge in [0.25, 0.3) is 0 Å². The third-order valence-electron chi connectivity index (χ3n) is 2.20. The fourth-order valence-electron chi connectivity index (χ4n) is 1.26. The number of amides is 1. The standard InChI is InChI=1S/C11H11BrN2O5/c12-6-2-1-5(11(18)19)3-8(6)14-10(17)7(13)4-9(15)16/h1-3,7H,4,13H2,(H,14,17)(H,15,16)(H,18,19). The minimum Gasteiger partial charge on any atom is -0.481 e. The number of anilines is 1. The molecular weight excluding hydrogens is 320 g/mol. The summed E-state index contributed by atoms with van der Waals surface area (Å²) in [6, 6.07) is 2.86. The zero-order chi connectivity index (χ0) is 14.6. The first-order valence-electron chi connectivity index (χ1n) is 5.12. The van der Waals surface area contributed by atoms with Crippen LogP contribution in [0.4, 0.5) is 5.69 Å². The van der Waals surface area contributed by atoms with E-state index >= 15 is 0 Å². The van der Waals surface area contributed by atoms with E-state index in [4.69, 9.17) is 15.9 Å². The first-order valence-corrected chi connectivity index (χ1v) is 5.91. The summed E-state index contributed by atoms with van der Waals surface area (Å²) < 4.78 is 0.466. The second-order valence-electron chi connectivity index (χ2n) is 3.69. The molecule has 5 N–H and O–H groups in total. The minimum atomic E-state index is -1.21. The van der Waals surface area contributed by atoms with E-state index in [1.165, 1.54) is 18.2 Å². The molecule has 0 fully saturated rings. The van der Waals surface area contributed by atoms with Crippen LogP contribution in [0.5, 0.6) is 0 Å². The van der Waals surface area contributed by atoms with Crippen LogP contribution in [-0.2, 0) is 9.59 Å². The monoisotopic (exact) mass is 330 g/mol. The van der Waals surface area contributed by atoms with Crippen LogP contribution in [0.1, 0.15) is 16.8 Å². The lowest BCUT2D eigenvalue weighted by Crippen LogP contribution is -2.37. The Morgan fingerprint density at radius 2 is 1.95 bits per heavy atom. The second kappa shape index (κ2) is 6.30. The molecule has 0 aliphatic rings. The third kappa shape index (κ3) is 4.34. The van der Waals surface area contributed by atoms with Gasteiger partial charge in [0.1, 0.15) is 0 Å². The topological polar surface area (TPSA) is 130 Å². The molecular formula is C11H11BrN2O5. The number of rotatable bonds is 5. The van der Waals surface area contributed by atoms with Crippen LogP contribution in [0.15, 0.2) is 22.7 Å². The minimum absolute atomic E-state index is 0.00898. The molecule has 0 aliphatic heterocycles. The van der Waals surface area contributed by atoms with Gasteiger partial charge in [-0.3, -0.25) is 9.59 Å². The number of nitrogens with one attached hydrogen (secondary N) is 1. The lowest BCUT2D eigenvalue weighted by Gasteiger charge is -2.12. The molecule has 0 saturated carbocycles. The molecule has 0 heterocycles. The van der Waals surface area contributed by atoms with Crippen molar-refractivity contribution in [2.24, 2.45) is 5.73 Å². The molecule has 7 nitrogen and oxygen atoms in total. The molecule has 1 aromatic rings. The van der Waals surface area contributed by atoms with Crippen molar-refractivity contribution in [3.05, 3.63) is 28.2 Å². The molecule has 0 bridgehead atoms. The Morgan fingerprint density at radius 1 is 1.32 bits per heavy atom. The molecule has 0 aliphatic carbocycles. The van der Waals surface area contributed by atoms with Crippen molar-refractivity contribution in [2.75, 3.05) is 5.32 Å². The van der Waals surface area contributed by atoms with Gasteiger partial charge >= 0.3 is 11.9 Å². The van der Waals surface area contributed by atoms with Gasteiger partial charge in [0, 0.05) is 4.47 Å². The van der Waals surface area contributed by atoms with Gasteiger partial charge in [-0.05, 0) is 34.1 Å². The molecule has 8 heteroatoms. The van der Waals surface area contributed by atoms with E-state index in [0.29, 0.717) is 4.47 Å². The summed E-state index contributed by atoms with van der Waals surface area (Å²) in [6.07, 6.45) is -0.512. The van der Waals surface area contributed by atoms with Crippen LogP contribution in [-0.4, -0.2) is 34.1 Å². The van der Waals surface area contributed by atoms with Crippen molar-refractivity contribution in [1.29, 1.82) is 0 Å². The number of carbonyl (C=O) groups excluding carboxylic acids is 1. The quantitative estimate of drug-likeness (QED) is 0.634. The van der Waals surface area contributed by atoms with Crippen LogP contribution in [0, 0.1) is 0 Å². The molecule has 0 spiro atoms. The Morgan fingerprint density at radius 3 is 2.47 bits per heavy atom. The van der Waals surface area contributed by atoms with E-state index < -0.39 is 30.3 Å². The number of carboxylic acid groups (broad SMARTS) is 2. The lowest BCUT2D eigenvalue weighted by molar-refractivity contribution is -0.138. The van der Waals surface area contributed by atoms with Crippen molar-refractivity contribution in [3.63, 3.8) is 0 Å². The third-order valence-corrected chi connectivity index (χ3v) is 2.89. The largest absolute Gasteiger partial charge is 0.481 e. The number of carbonyl (C=O) groups is 3. The van der Waals surface area contributed by atoms with Gasteiger partial charge in [0.15, 0.2) is 0 Å². The lowest BCUT2D eigenvalue weighted by atomic mass is 10.1. The Kier molecular flexibility index (Phi) is 5.02. The smallest absolute Gasteiger partial charge is 0.335 e. The summed E-state index contributed by atoms with van der Waals surface area (Å²) in [5.74, 6) is -3.04. The highest BCUT2D eigenvalue weighted by atomic mass is 79.9. The fraction of sp³-hybridized carbons (Fsp3) is 0.182. The van der Waals surface area contributed by atoms with Gasteiger partial charge in [-0.15, -0.1) is 0 Å². The number of aromatic carboxylic acids is 1. The average molecular weight is 331 g/mol. The van der Waals surface area contributed by atoms with Gasteiger partial charge in [-0.2, -0.15) is 0 Å². The molecule has 0 saturated heterocycles. The number of hydrogen-bond donors (Lipinski definition) is 4. The van der Waals surface area contributed by atoms with Crippen LogP contribution >= 0.6 is 15.9 Å². The summed E-state index contributed by atoms with van der Waals surface area (Å²) in [6.45, 7) is 0. The number of nitrogens with two attached hydrogens (primary N) is 1. The zero-order valence-corrected chi connectivity index (χ0v) is 11.2. The Bertz CT molecular complexity index is 532. The van der Waals surface area contributed by atoms with Crippen molar-refractivity contribution >= 4 is 39.5 Å². The Hall–Kier alpha value is -1.93. The predicted octanol–water partition coefficient (Wildman–Crippen LogP) is 0.888.